The summed E-state index contributed by atoms with van der Waals surface area (Å²) < 4.78 is 10.6. The van der Waals surface area contributed by atoms with Crippen molar-refractivity contribution in [2.75, 3.05) is 26.8 Å². The van der Waals surface area contributed by atoms with Gasteiger partial charge in [-0.3, -0.25) is 14.6 Å². The maximum absolute atomic E-state index is 12.0. The third kappa shape index (κ3) is 7.35. The van der Waals surface area contributed by atoms with Crippen LogP contribution in [0.4, 0.5) is 0 Å². The molecule has 27 heavy (non-hydrogen) atoms. The van der Waals surface area contributed by atoms with E-state index in [0.29, 0.717) is 32.0 Å². The van der Waals surface area contributed by atoms with Gasteiger partial charge in [0.1, 0.15) is 18.1 Å². The standard InChI is InChI=1S/C20H25N3O4/c1-16(24)23(15-17-4-3-10-21-14-17)12-9-20(25)22-11-13-27-19-7-5-18(26-2)6-8-19/h3-8,10,14H,9,11-13,15H2,1-2H3,(H,22,25). The molecule has 0 unspecified atom stereocenters. The first-order valence-corrected chi connectivity index (χ1v) is 8.76. The molecule has 1 aromatic carbocycles. The molecule has 7 nitrogen and oxygen atoms in total. The highest BCUT2D eigenvalue weighted by Crippen LogP contribution is 2.16. The van der Waals surface area contributed by atoms with E-state index < -0.39 is 0 Å². The zero-order valence-corrected chi connectivity index (χ0v) is 15.7. The topological polar surface area (TPSA) is 80.8 Å². The van der Waals surface area contributed by atoms with Crippen molar-refractivity contribution in [1.82, 2.24) is 15.2 Å². The summed E-state index contributed by atoms with van der Waals surface area (Å²) in [6.07, 6.45) is 3.64. The summed E-state index contributed by atoms with van der Waals surface area (Å²) in [5, 5.41) is 2.79. The van der Waals surface area contributed by atoms with Gasteiger partial charge in [0.2, 0.25) is 11.8 Å². The first-order chi connectivity index (χ1) is 13.1. The molecule has 1 heterocycles. The third-order valence-electron chi connectivity index (χ3n) is 3.90. The monoisotopic (exact) mass is 371 g/mol. The van der Waals surface area contributed by atoms with Gasteiger partial charge >= 0.3 is 0 Å². The van der Waals surface area contributed by atoms with Gasteiger partial charge in [-0.2, -0.15) is 0 Å². The number of benzene rings is 1. The van der Waals surface area contributed by atoms with Crippen LogP contribution in [0, 0.1) is 0 Å². The van der Waals surface area contributed by atoms with Gasteiger partial charge in [-0.15, -0.1) is 0 Å². The summed E-state index contributed by atoms with van der Waals surface area (Å²) in [5.41, 5.74) is 0.931. The molecule has 1 N–H and O–H groups in total. The van der Waals surface area contributed by atoms with Crippen LogP contribution in [-0.4, -0.2) is 48.5 Å². The number of hydrogen-bond acceptors (Lipinski definition) is 5. The molecular formula is C20H25N3O4. The number of aromatic nitrogens is 1. The number of amides is 2. The van der Waals surface area contributed by atoms with E-state index in [2.05, 4.69) is 10.3 Å². The van der Waals surface area contributed by atoms with Crippen LogP contribution in [0.3, 0.4) is 0 Å². The Bertz CT molecular complexity index is 720. The van der Waals surface area contributed by atoms with E-state index in [-0.39, 0.29) is 18.2 Å². The van der Waals surface area contributed by atoms with Crippen LogP contribution >= 0.6 is 0 Å². The Kier molecular flexibility index (Phi) is 8.09. The van der Waals surface area contributed by atoms with E-state index >= 15 is 0 Å². The lowest BCUT2D eigenvalue weighted by molar-refractivity contribution is -0.130. The zero-order valence-electron chi connectivity index (χ0n) is 15.7. The van der Waals surface area contributed by atoms with E-state index in [9.17, 15) is 9.59 Å². The summed E-state index contributed by atoms with van der Waals surface area (Å²) in [5.74, 6) is 1.28. The second-order valence-corrected chi connectivity index (χ2v) is 5.93. The van der Waals surface area contributed by atoms with Crippen molar-refractivity contribution in [3.8, 4) is 11.5 Å². The van der Waals surface area contributed by atoms with Gasteiger partial charge < -0.3 is 19.7 Å². The quantitative estimate of drug-likeness (QED) is 0.647. The third-order valence-corrected chi connectivity index (χ3v) is 3.90. The fourth-order valence-corrected chi connectivity index (χ4v) is 2.42. The number of ether oxygens (including phenoxy) is 2. The maximum atomic E-state index is 12.0. The molecule has 2 aromatic rings. The van der Waals surface area contributed by atoms with E-state index in [0.717, 1.165) is 11.3 Å². The normalized spacial score (nSPS) is 10.1. The van der Waals surface area contributed by atoms with Crippen molar-refractivity contribution in [2.45, 2.75) is 19.9 Å². The van der Waals surface area contributed by atoms with Crippen molar-refractivity contribution in [3.63, 3.8) is 0 Å². The number of carbonyl (C=O) groups is 2. The minimum atomic E-state index is -0.120. The molecule has 0 aliphatic heterocycles. The molecule has 0 fully saturated rings. The average Bonchev–Trinajstić information content (AvgIpc) is 2.69. The van der Waals surface area contributed by atoms with E-state index in [1.54, 1.807) is 24.4 Å². The number of methoxy groups -OCH3 is 1. The number of pyridine rings is 1. The first kappa shape index (κ1) is 20.2. The molecule has 0 radical (unpaired) electrons. The number of nitrogens with zero attached hydrogens (tertiary/aromatic N) is 2. The highest BCUT2D eigenvalue weighted by molar-refractivity contribution is 5.78. The average molecular weight is 371 g/mol. The number of hydrogen-bond donors (Lipinski definition) is 1. The molecule has 7 heteroatoms. The molecule has 2 rings (SSSR count). The van der Waals surface area contributed by atoms with Crippen molar-refractivity contribution in [2.24, 2.45) is 0 Å². The SMILES string of the molecule is COc1ccc(OCCNC(=O)CCN(Cc2cccnc2)C(C)=O)cc1. The second kappa shape index (κ2) is 10.8. The van der Waals surface area contributed by atoms with Gasteiger partial charge in [-0.05, 0) is 35.9 Å². The summed E-state index contributed by atoms with van der Waals surface area (Å²) in [6.45, 7) is 3.06. The Morgan fingerprint density at radius 3 is 2.52 bits per heavy atom. The molecule has 144 valence electrons. The van der Waals surface area contributed by atoms with Crippen LogP contribution < -0.4 is 14.8 Å². The largest absolute Gasteiger partial charge is 0.497 e. The molecular weight excluding hydrogens is 346 g/mol. The predicted octanol–water partition coefficient (Wildman–Crippen LogP) is 2.02. The predicted molar refractivity (Wildman–Crippen MR) is 101 cm³/mol. The van der Waals surface area contributed by atoms with Crippen molar-refractivity contribution in [3.05, 3.63) is 54.4 Å². The van der Waals surface area contributed by atoms with Crippen molar-refractivity contribution >= 4 is 11.8 Å². The molecule has 0 aliphatic rings. The molecule has 0 saturated carbocycles. The highest BCUT2D eigenvalue weighted by Gasteiger charge is 2.11. The molecule has 0 saturated heterocycles. The molecule has 0 atom stereocenters. The molecule has 0 aliphatic carbocycles. The lowest BCUT2D eigenvalue weighted by Crippen LogP contribution is -2.34. The smallest absolute Gasteiger partial charge is 0.221 e. The summed E-state index contributed by atoms with van der Waals surface area (Å²) in [4.78, 5) is 29.4. The Labute approximate surface area is 159 Å². The molecule has 0 spiro atoms. The van der Waals surface area contributed by atoms with Crippen molar-refractivity contribution < 1.29 is 19.1 Å². The Balaban J connectivity index is 1.67. The van der Waals surface area contributed by atoms with E-state index in [1.165, 1.54) is 6.92 Å². The Morgan fingerprint density at radius 2 is 1.89 bits per heavy atom. The minimum Gasteiger partial charge on any atom is -0.497 e. The first-order valence-electron chi connectivity index (χ1n) is 8.76. The second-order valence-electron chi connectivity index (χ2n) is 5.93. The van der Waals surface area contributed by atoms with Crippen LogP contribution in [-0.2, 0) is 16.1 Å². The number of rotatable bonds is 10. The fourth-order valence-electron chi connectivity index (χ4n) is 2.42. The van der Waals surface area contributed by atoms with Crippen LogP contribution in [0.2, 0.25) is 0 Å². The fraction of sp³-hybridized carbons (Fsp3) is 0.350. The Morgan fingerprint density at radius 1 is 1.15 bits per heavy atom. The van der Waals surface area contributed by atoms with Crippen LogP contribution in [0.5, 0.6) is 11.5 Å². The van der Waals surface area contributed by atoms with Crippen LogP contribution in [0.25, 0.3) is 0 Å². The Hall–Kier alpha value is -3.09. The van der Waals surface area contributed by atoms with Gasteiger partial charge in [-0.25, -0.2) is 0 Å². The van der Waals surface area contributed by atoms with Crippen LogP contribution in [0.15, 0.2) is 48.8 Å². The van der Waals surface area contributed by atoms with Gasteiger partial charge in [0.25, 0.3) is 0 Å². The minimum absolute atomic E-state index is 0.0745. The van der Waals surface area contributed by atoms with Crippen molar-refractivity contribution in [1.29, 1.82) is 0 Å². The van der Waals surface area contributed by atoms with Crippen LogP contribution in [0.1, 0.15) is 18.9 Å². The number of carbonyl (C=O) groups excluding carboxylic acids is 2. The molecule has 0 bridgehead atoms. The number of nitrogens with one attached hydrogen (secondary N) is 1. The highest BCUT2D eigenvalue weighted by atomic mass is 16.5. The molecule has 2 amide bonds. The van der Waals surface area contributed by atoms with Gasteiger partial charge in [0, 0.05) is 38.8 Å². The van der Waals surface area contributed by atoms with E-state index in [4.69, 9.17) is 9.47 Å². The summed E-state index contributed by atoms with van der Waals surface area (Å²) >= 11 is 0. The van der Waals surface area contributed by atoms with E-state index in [1.807, 2.05) is 36.4 Å². The lowest BCUT2D eigenvalue weighted by atomic mass is 10.2. The summed E-state index contributed by atoms with van der Waals surface area (Å²) in [7, 11) is 1.61. The maximum Gasteiger partial charge on any atom is 0.221 e. The zero-order chi connectivity index (χ0) is 19.5. The van der Waals surface area contributed by atoms with Gasteiger partial charge in [-0.1, -0.05) is 6.07 Å². The lowest BCUT2D eigenvalue weighted by Gasteiger charge is -2.20. The summed E-state index contributed by atoms with van der Waals surface area (Å²) in [6, 6.07) is 11.0. The van der Waals surface area contributed by atoms with Gasteiger partial charge in [0.05, 0.1) is 13.7 Å². The van der Waals surface area contributed by atoms with Gasteiger partial charge in [0.15, 0.2) is 0 Å². The molecule has 1 aromatic heterocycles.